The van der Waals surface area contributed by atoms with Gasteiger partial charge in [0, 0.05) is 17.9 Å². The average molecular weight is 384 g/mol. The first kappa shape index (κ1) is 17.4. The van der Waals surface area contributed by atoms with Crippen molar-refractivity contribution in [3.05, 3.63) is 65.1 Å². The number of fused-ring (bicyclic) bond motifs is 1. The number of benzene rings is 2. The molecule has 1 aliphatic heterocycles. The van der Waals surface area contributed by atoms with E-state index in [1.165, 1.54) is 0 Å². The molecule has 1 amide bonds. The van der Waals surface area contributed by atoms with Crippen LogP contribution < -0.4 is 14.8 Å². The maximum Gasteiger partial charge on any atom is 0.226 e. The number of hydrogen-bond acceptors (Lipinski definition) is 4. The van der Waals surface area contributed by atoms with Crippen LogP contribution in [0.3, 0.4) is 0 Å². The van der Waals surface area contributed by atoms with Crippen LogP contribution in [0.15, 0.2) is 48.8 Å². The summed E-state index contributed by atoms with van der Waals surface area (Å²) in [5.41, 5.74) is 2.38. The van der Waals surface area contributed by atoms with E-state index in [0.717, 1.165) is 16.9 Å². The Kier molecular flexibility index (Phi) is 4.49. The van der Waals surface area contributed by atoms with Crippen LogP contribution >= 0.6 is 11.6 Å². The fourth-order valence-electron chi connectivity index (χ4n) is 3.41. The summed E-state index contributed by atoms with van der Waals surface area (Å²) in [6.45, 7) is 0. The van der Waals surface area contributed by atoms with Crippen LogP contribution in [0.4, 0.5) is 5.82 Å². The summed E-state index contributed by atoms with van der Waals surface area (Å²) in [6, 6.07) is 13.0. The number of hydrogen-bond donors (Lipinski definition) is 1. The van der Waals surface area contributed by atoms with Gasteiger partial charge in [-0.15, -0.1) is 0 Å². The number of para-hydroxylation sites is 1. The fourth-order valence-corrected chi connectivity index (χ4v) is 3.63. The Hall–Kier alpha value is -2.99. The van der Waals surface area contributed by atoms with Crippen LogP contribution in [0.1, 0.15) is 23.6 Å². The Balaban J connectivity index is 1.86. The highest BCUT2D eigenvalue weighted by Gasteiger charge is 2.33. The quantitative estimate of drug-likeness (QED) is 0.739. The summed E-state index contributed by atoms with van der Waals surface area (Å²) < 4.78 is 12.7. The van der Waals surface area contributed by atoms with Gasteiger partial charge in [-0.05, 0) is 30.3 Å². The molecule has 7 heteroatoms. The number of halogens is 1. The highest BCUT2D eigenvalue weighted by atomic mass is 35.5. The van der Waals surface area contributed by atoms with Gasteiger partial charge >= 0.3 is 0 Å². The normalized spacial score (nSPS) is 15.8. The SMILES string of the molecule is COc1ccc(OC)c(C2CC(=O)Nc3c2ncn3-c2ccccc2Cl)c1. The Morgan fingerprint density at radius 2 is 2.00 bits per heavy atom. The molecule has 0 fully saturated rings. The molecule has 0 saturated carbocycles. The van der Waals surface area contributed by atoms with Crippen molar-refractivity contribution in [2.75, 3.05) is 19.5 Å². The summed E-state index contributed by atoms with van der Waals surface area (Å²) in [7, 11) is 3.22. The number of aromatic nitrogens is 2. The van der Waals surface area contributed by atoms with Crippen molar-refractivity contribution >= 4 is 23.3 Å². The van der Waals surface area contributed by atoms with Gasteiger partial charge in [-0.2, -0.15) is 0 Å². The van der Waals surface area contributed by atoms with Crippen molar-refractivity contribution in [3.8, 4) is 17.2 Å². The van der Waals surface area contributed by atoms with E-state index in [0.29, 0.717) is 22.3 Å². The van der Waals surface area contributed by atoms with Gasteiger partial charge in [-0.1, -0.05) is 23.7 Å². The van der Waals surface area contributed by atoms with E-state index in [1.54, 1.807) is 31.2 Å². The number of carbonyl (C=O) groups is 1. The van der Waals surface area contributed by atoms with Gasteiger partial charge in [0.1, 0.15) is 23.6 Å². The lowest BCUT2D eigenvalue weighted by Crippen LogP contribution is -2.25. The minimum Gasteiger partial charge on any atom is -0.497 e. The number of carbonyl (C=O) groups excluding carboxylic acids is 1. The second-order valence-electron chi connectivity index (χ2n) is 6.21. The second-order valence-corrected chi connectivity index (χ2v) is 6.62. The molecule has 138 valence electrons. The van der Waals surface area contributed by atoms with Gasteiger partial charge in [0.15, 0.2) is 0 Å². The number of amides is 1. The average Bonchev–Trinajstić information content (AvgIpc) is 3.10. The van der Waals surface area contributed by atoms with Crippen LogP contribution in [0.2, 0.25) is 5.02 Å². The van der Waals surface area contributed by atoms with Crippen LogP contribution in [-0.2, 0) is 4.79 Å². The standard InChI is InChI=1S/C20H18ClN3O3/c1-26-12-7-8-17(27-2)13(9-12)14-10-18(25)23-20-19(14)22-11-24(20)16-6-4-3-5-15(16)21/h3-9,11,14H,10H2,1-2H3,(H,23,25). The molecule has 0 spiro atoms. The molecule has 27 heavy (non-hydrogen) atoms. The van der Waals surface area contributed by atoms with E-state index >= 15 is 0 Å². The summed E-state index contributed by atoms with van der Waals surface area (Å²) >= 11 is 6.34. The van der Waals surface area contributed by atoms with Crippen molar-refractivity contribution in [1.82, 2.24) is 9.55 Å². The Morgan fingerprint density at radius 3 is 2.74 bits per heavy atom. The van der Waals surface area contributed by atoms with Crippen molar-refractivity contribution < 1.29 is 14.3 Å². The zero-order chi connectivity index (χ0) is 19.0. The minimum absolute atomic E-state index is 0.0915. The van der Waals surface area contributed by atoms with E-state index < -0.39 is 0 Å². The second kappa shape index (κ2) is 6.96. The predicted octanol–water partition coefficient (Wildman–Crippen LogP) is 4.02. The molecule has 1 N–H and O–H groups in total. The number of nitrogens with one attached hydrogen (secondary N) is 1. The molecule has 2 aromatic carbocycles. The first-order valence-corrected chi connectivity index (χ1v) is 8.84. The lowest BCUT2D eigenvalue weighted by molar-refractivity contribution is -0.116. The smallest absolute Gasteiger partial charge is 0.226 e. The maximum atomic E-state index is 12.5. The predicted molar refractivity (Wildman–Crippen MR) is 103 cm³/mol. The molecule has 6 nitrogen and oxygen atoms in total. The largest absolute Gasteiger partial charge is 0.497 e. The summed E-state index contributed by atoms with van der Waals surface area (Å²) in [5, 5.41) is 3.51. The lowest BCUT2D eigenvalue weighted by Gasteiger charge is -2.25. The number of rotatable bonds is 4. The highest BCUT2D eigenvalue weighted by Crippen LogP contribution is 2.42. The Bertz CT molecular complexity index is 1020. The molecular formula is C20H18ClN3O3. The topological polar surface area (TPSA) is 65.4 Å². The van der Waals surface area contributed by atoms with Gasteiger partial charge < -0.3 is 14.8 Å². The van der Waals surface area contributed by atoms with Crippen LogP contribution in [0.25, 0.3) is 5.69 Å². The summed E-state index contributed by atoms with van der Waals surface area (Å²) in [4.78, 5) is 17.1. The third-order valence-corrected chi connectivity index (χ3v) is 5.02. The third kappa shape index (κ3) is 3.02. The number of ether oxygens (including phenoxy) is 2. The maximum absolute atomic E-state index is 12.5. The highest BCUT2D eigenvalue weighted by molar-refractivity contribution is 6.32. The molecular weight excluding hydrogens is 366 g/mol. The Labute approximate surface area is 161 Å². The van der Waals surface area contributed by atoms with Crippen molar-refractivity contribution in [2.45, 2.75) is 12.3 Å². The van der Waals surface area contributed by atoms with E-state index in [2.05, 4.69) is 10.3 Å². The van der Waals surface area contributed by atoms with Gasteiger partial charge in [-0.3, -0.25) is 9.36 Å². The zero-order valence-electron chi connectivity index (χ0n) is 14.9. The van der Waals surface area contributed by atoms with Crippen LogP contribution in [0.5, 0.6) is 11.5 Å². The van der Waals surface area contributed by atoms with Gasteiger partial charge in [-0.25, -0.2) is 4.98 Å². The molecule has 0 radical (unpaired) electrons. The molecule has 1 aromatic heterocycles. The zero-order valence-corrected chi connectivity index (χ0v) is 15.7. The fraction of sp³-hybridized carbons (Fsp3) is 0.200. The van der Waals surface area contributed by atoms with E-state index in [4.69, 9.17) is 21.1 Å². The van der Waals surface area contributed by atoms with Crippen molar-refractivity contribution in [1.29, 1.82) is 0 Å². The lowest BCUT2D eigenvalue weighted by atomic mass is 9.89. The molecule has 1 aliphatic rings. The molecule has 0 saturated heterocycles. The number of nitrogens with zero attached hydrogens (tertiary/aromatic N) is 2. The monoisotopic (exact) mass is 383 g/mol. The summed E-state index contributed by atoms with van der Waals surface area (Å²) in [6.07, 6.45) is 1.95. The first-order valence-electron chi connectivity index (χ1n) is 8.46. The van der Waals surface area contributed by atoms with Gasteiger partial charge in [0.2, 0.25) is 5.91 Å². The molecule has 1 atom stereocenters. The molecule has 3 aromatic rings. The first-order chi connectivity index (χ1) is 13.1. The van der Waals surface area contributed by atoms with Crippen molar-refractivity contribution in [3.63, 3.8) is 0 Å². The molecule has 0 bridgehead atoms. The minimum atomic E-state index is -0.248. The van der Waals surface area contributed by atoms with Gasteiger partial charge in [0.05, 0.1) is 30.6 Å². The number of anilines is 1. The molecule has 4 rings (SSSR count). The number of methoxy groups -OCH3 is 2. The van der Waals surface area contributed by atoms with E-state index in [9.17, 15) is 4.79 Å². The van der Waals surface area contributed by atoms with Gasteiger partial charge in [0.25, 0.3) is 0 Å². The number of imidazole rings is 1. The Morgan fingerprint density at radius 1 is 1.19 bits per heavy atom. The van der Waals surface area contributed by atoms with Crippen LogP contribution in [-0.4, -0.2) is 29.7 Å². The molecule has 2 heterocycles. The molecule has 1 unspecified atom stereocenters. The summed E-state index contributed by atoms with van der Waals surface area (Å²) in [5.74, 6) is 1.67. The van der Waals surface area contributed by atoms with E-state index in [1.807, 2.05) is 36.4 Å². The van der Waals surface area contributed by atoms with E-state index in [-0.39, 0.29) is 18.2 Å². The third-order valence-electron chi connectivity index (χ3n) is 4.70. The van der Waals surface area contributed by atoms with Crippen LogP contribution in [0, 0.1) is 0 Å². The molecule has 0 aliphatic carbocycles. The van der Waals surface area contributed by atoms with Crippen molar-refractivity contribution in [2.24, 2.45) is 0 Å².